The van der Waals surface area contributed by atoms with E-state index in [1.165, 1.54) is 12.4 Å². The van der Waals surface area contributed by atoms with Crippen molar-refractivity contribution < 1.29 is 4.74 Å². The van der Waals surface area contributed by atoms with Gasteiger partial charge in [-0.2, -0.15) is 0 Å². The van der Waals surface area contributed by atoms with Gasteiger partial charge in [0.25, 0.3) is 0 Å². The van der Waals surface area contributed by atoms with Crippen molar-refractivity contribution in [1.29, 1.82) is 0 Å². The maximum absolute atomic E-state index is 5.67. The molecule has 0 aliphatic carbocycles. The lowest BCUT2D eigenvalue weighted by Gasteiger charge is -2.04. The van der Waals surface area contributed by atoms with E-state index in [0.717, 1.165) is 4.47 Å². The van der Waals surface area contributed by atoms with E-state index in [9.17, 15) is 0 Å². The minimum absolute atomic E-state index is 0.224. The number of hydrogen-bond donors (Lipinski definition) is 1. The Kier molecular flexibility index (Phi) is 3.26. The van der Waals surface area contributed by atoms with Crippen LogP contribution in [-0.2, 0) is 0 Å². The van der Waals surface area contributed by atoms with Gasteiger partial charge in [-0.3, -0.25) is 0 Å². The molecular formula is C10H7BrClN3O. The van der Waals surface area contributed by atoms with Crippen LogP contribution >= 0.6 is 27.5 Å². The number of rotatable bonds is 2. The zero-order valence-corrected chi connectivity index (χ0v) is 10.4. The van der Waals surface area contributed by atoms with Crippen LogP contribution in [0, 0.1) is 0 Å². The molecule has 2 N–H and O–H groups in total. The van der Waals surface area contributed by atoms with Crippen molar-refractivity contribution in [2.24, 2.45) is 0 Å². The summed E-state index contributed by atoms with van der Waals surface area (Å²) in [5.74, 6) is 0.564. The van der Waals surface area contributed by atoms with E-state index in [2.05, 4.69) is 25.9 Å². The van der Waals surface area contributed by atoms with Crippen molar-refractivity contribution in [2.45, 2.75) is 0 Å². The molecule has 0 spiro atoms. The van der Waals surface area contributed by atoms with Gasteiger partial charge in [0, 0.05) is 16.2 Å². The number of hydrogen-bond acceptors (Lipinski definition) is 4. The molecule has 1 aromatic carbocycles. The molecule has 1 aromatic heterocycles. The van der Waals surface area contributed by atoms with E-state index in [1.807, 2.05) is 0 Å². The first-order chi connectivity index (χ1) is 7.63. The summed E-state index contributed by atoms with van der Waals surface area (Å²) in [6, 6.07) is 5.45. The van der Waals surface area contributed by atoms with Gasteiger partial charge in [-0.25, -0.2) is 9.97 Å². The maximum Gasteiger partial charge on any atom is 0.321 e. The van der Waals surface area contributed by atoms with Crippen LogP contribution in [0.4, 0.5) is 5.69 Å². The number of aromatic nitrogens is 2. The largest absolute Gasteiger partial charge is 0.424 e. The molecule has 6 heteroatoms. The Morgan fingerprint density at radius 3 is 2.50 bits per heavy atom. The quantitative estimate of drug-likeness (QED) is 0.865. The number of ether oxygens (including phenoxy) is 1. The van der Waals surface area contributed by atoms with Crippen LogP contribution in [-0.4, -0.2) is 9.97 Å². The first kappa shape index (κ1) is 11.2. The van der Waals surface area contributed by atoms with Crippen molar-refractivity contribution in [3.8, 4) is 11.8 Å². The van der Waals surface area contributed by atoms with Gasteiger partial charge in [-0.15, -0.1) is 0 Å². The van der Waals surface area contributed by atoms with Gasteiger partial charge in [0.05, 0.1) is 17.4 Å². The second kappa shape index (κ2) is 4.67. The highest BCUT2D eigenvalue weighted by Crippen LogP contribution is 2.25. The highest BCUT2D eigenvalue weighted by Gasteiger charge is 2.02. The van der Waals surface area contributed by atoms with Gasteiger partial charge in [-0.1, -0.05) is 27.5 Å². The molecule has 2 aromatic rings. The Morgan fingerprint density at radius 2 is 1.88 bits per heavy atom. The summed E-state index contributed by atoms with van der Waals surface area (Å²) in [7, 11) is 0. The summed E-state index contributed by atoms with van der Waals surface area (Å²) in [4.78, 5) is 7.82. The number of benzene rings is 1. The Labute approximate surface area is 106 Å². The van der Waals surface area contributed by atoms with Crippen LogP contribution in [0.25, 0.3) is 0 Å². The highest BCUT2D eigenvalue weighted by molar-refractivity contribution is 9.10. The van der Waals surface area contributed by atoms with E-state index in [4.69, 9.17) is 22.1 Å². The number of anilines is 1. The van der Waals surface area contributed by atoms with E-state index in [1.54, 1.807) is 18.2 Å². The molecule has 16 heavy (non-hydrogen) atoms. The van der Waals surface area contributed by atoms with Crippen LogP contribution in [0.1, 0.15) is 0 Å². The third kappa shape index (κ3) is 2.84. The summed E-state index contributed by atoms with van der Waals surface area (Å²) in [5.41, 5.74) is 6.26. The Hall–Kier alpha value is -1.33. The maximum atomic E-state index is 5.67. The normalized spacial score (nSPS) is 10.1. The van der Waals surface area contributed by atoms with Crippen LogP contribution in [0.2, 0.25) is 5.02 Å². The predicted molar refractivity (Wildman–Crippen MR) is 65.7 cm³/mol. The molecule has 0 aliphatic heterocycles. The number of nitrogen functional groups attached to an aromatic ring is 1. The van der Waals surface area contributed by atoms with Gasteiger partial charge in [-0.05, 0) is 12.1 Å². The van der Waals surface area contributed by atoms with E-state index < -0.39 is 0 Å². The lowest BCUT2D eigenvalue weighted by molar-refractivity contribution is 0.442. The van der Waals surface area contributed by atoms with Gasteiger partial charge in [0.1, 0.15) is 5.75 Å². The Morgan fingerprint density at radius 1 is 1.19 bits per heavy atom. The number of nitrogens with two attached hydrogens (primary N) is 1. The molecule has 0 unspecified atom stereocenters. The molecule has 0 fully saturated rings. The van der Waals surface area contributed by atoms with Crippen molar-refractivity contribution in [2.75, 3.05) is 5.73 Å². The van der Waals surface area contributed by atoms with Gasteiger partial charge in [0.2, 0.25) is 0 Å². The summed E-state index contributed by atoms with van der Waals surface area (Å²) >= 11 is 8.97. The Bertz CT molecular complexity index is 484. The first-order valence-corrected chi connectivity index (χ1v) is 5.52. The molecule has 2 rings (SSSR count). The fourth-order valence-corrected chi connectivity index (χ4v) is 1.69. The number of halogens is 2. The molecule has 1 heterocycles. The van der Waals surface area contributed by atoms with Crippen molar-refractivity contribution in [1.82, 2.24) is 9.97 Å². The fourth-order valence-electron chi connectivity index (χ4n) is 1.10. The van der Waals surface area contributed by atoms with Gasteiger partial charge < -0.3 is 10.5 Å². The molecule has 0 aliphatic rings. The summed E-state index contributed by atoms with van der Waals surface area (Å²) < 4.78 is 6.23. The summed E-state index contributed by atoms with van der Waals surface area (Å²) in [5, 5.41) is 0.459. The summed E-state index contributed by atoms with van der Waals surface area (Å²) in [6.07, 6.45) is 2.93. The predicted octanol–water partition coefficient (Wildman–Crippen LogP) is 3.27. The SMILES string of the molecule is Nc1cc(Br)cc(Oc2ncc(Cl)cn2)c1. The first-order valence-electron chi connectivity index (χ1n) is 4.35. The minimum atomic E-state index is 0.224. The van der Waals surface area contributed by atoms with Crippen LogP contribution < -0.4 is 10.5 Å². The van der Waals surface area contributed by atoms with Gasteiger partial charge >= 0.3 is 6.01 Å². The lowest BCUT2D eigenvalue weighted by atomic mass is 10.3. The van der Waals surface area contributed by atoms with E-state index in [-0.39, 0.29) is 6.01 Å². The number of nitrogens with zero attached hydrogens (tertiary/aromatic N) is 2. The second-order valence-electron chi connectivity index (χ2n) is 3.01. The lowest BCUT2D eigenvalue weighted by Crippen LogP contribution is -1.92. The third-order valence-electron chi connectivity index (χ3n) is 1.70. The van der Waals surface area contributed by atoms with Crippen LogP contribution in [0.3, 0.4) is 0 Å². The zero-order chi connectivity index (χ0) is 11.5. The smallest absolute Gasteiger partial charge is 0.321 e. The molecule has 0 amide bonds. The third-order valence-corrected chi connectivity index (χ3v) is 2.35. The van der Waals surface area contributed by atoms with Crippen molar-refractivity contribution in [3.63, 3.8) is 0 Å². The van der Waals surface area contributed by atoms with Crippen molar-refractivity contribution >= 4 is 33.2 Å². The standard InChI is InChI=1S/C10H7BrClN3O/c11-6-1-8(13)3-9(2-6)16-10-14-4-7(12)5-15-10/h1-5H,13H2. The van der Waals surface area contributed by atoms with Crippen LogP contribution in [0.15, 0.2) is 35.1 Å². The van der Waals surface area contributed by atoms with Gasteiger partial charge in [0.15, 0.2) is 0 Å². The molecule has 0 saturated heterocycles. The van der Waals surface area contributed by atoms with E-state index >= 15 is 0 Å². The molecule has 0 radical (unpaired) electrons. The summed E-state index contributed by atoms with van der Waals surface area (Å²) in [6.45, 7) is 0. The average molecular weight is 301 g/mol. The highest BCUT2D eigenvalue weighted by atomic mass is 79.9. The van der Waals surface area contributed by atoms with Crippen LogP contribution in [0.5, 0.6) is 11.8 Å². The Balaban J connectivity index is 2.23. The molecule has 0 atom stereocenters. The fraction of sp³-hybridized carbons (Fsp3) is 0. The van der Waals surface area contributed by atoms with E-state index in [0.29, 0.717) is 16.5 Å². The van der Waals surface area contributed by atoms with Crippen molar-refractivity contribution in [3.05, 3.63) is 40.1 Å². The molecule has 0 bridgehead atoms. The zero-order valence-electron chi connectivity index (χ0n) is 8.02. The average Bonchev–Trinajstić information content (AvgIpc) is 2.20. The monoisotopic (exact) mass is 299 g/mol. The molecule has 4 nitrogen and oxygen atoms in total. The molecule has 82 valence electrons. The topological polar surface area (TPSA) is 61.0 Å². The minimum Gasteiger partial charge on any atom is -0.424 e. The second-order valence-corrected chi connectivity index (χ2v) is 4.36. The molecule has 0 saturated carbocycles. The molecular weight excluding hydrogens is 293 g/mol.